The Bertz CT molecular complexity index is 437. The van der Waals surface area contributed by atoms with Crippen LogP contribution in [0.3, 0.4) is 0 Å². The maximum atomic E-state index is 6.02. The van der Waals surface area contributed by atoms with Crippen molar-refractivity contribution in [2.45, 2.75) is 39.3 Å². The number of nitrogens with zero attached hydrogens (tertiary/aromatic N) is 1. The summed E-state index contributed by atoms with van der Waals surface area (Å²) in [4.78, 5) is 2.43. The number of nitrogens with one attached hydrogen (secondary N) is 1. The molecular weight excluding hydrogens is 248 g/mol. The number of ether oxygens (including phenoxy) is 1. The van der Waals surface area contributed by atoms with E-state index in [1.165, 1.54) is 24.1 Å². The van der Waals surface area contributed by atoms with Gasteiger partial charge in [0.05, 0.1) is 11.8 Å². The molecule has 3 nitrogen and oxygen atoms in total. The molecule has 0 amide bonds. The van der Waals surface area contributed by atoms with E-state index >= 15 is 0 Å². The molecule has 0 radical (unpaired) electrons. The van der Waals surface area contributed by atoms with Gasteiger partial charge in [-0.05, 0) is 44.4 Å². The van der Waals surface area contributed by atoms with Crippen molar-refractivity contribution in [1.82, 2.24) is 5.32 Å². The molecule has 0 aromatic heterocycles. The van der Waals surface area contributed by atoms with E-state index in [-0.39, 0.29) is 6.10 Å². The van der Waals surface area contributed by atoms with E-state index in [0.29, 0.717) is 0 Å². The summed E-state index contributed by atoms with van der Waals surface area (Å²) in [7, 11) is 0. The topological polar surface area (TPSA) is 24.5 Å². The molecule has 0 unspecified atom stereocenters. The van der Waals surface area contributed by atoms with Gasteiger partial charge in [0.15, 0.2) is 0 Å². The highest BCUT2D eigenvalue weighted by molar-refractivity contribution is 5.60. The maximum absolute atomic E-state index is 6.02. The van der Waals surface area contributed by atoms with Crippen LogP contribution in [0.1, 0.15) is 32.3 Å². The summed E-state index contributed by atoms with van der Waals surface area (Å²) >= 11 is 0. The van der Waals surface area contributed by atoms with Crippen molar-refractivity contribution in [3.63, 3.8) is 0 Å². The number of hydrogen-bond acceptors (Lipinski definition) is 3. The van der Waals surface area contributed by atoms with Crippen LogP contribution in [-0.2, 0) is 6.54 Å². The van der Waals surface area contributed by atoms with Crippen molar-refractivity contribution in [1.29, 1.82) is 0 Å². The smallest absolute Gasteiger partial charge is 0.143 e. The lowest BCUT2D eigenvalue weighted by Crippen LogP contribution is -2.20. The van der Waals surface area contributed by atoms with E-state index in [1.807, 2.05) is 6.08 Å². The molecule has 1 aliphatic heterocycles. The Labute approximate surface area is 122 Å². The molecule has 1 aliphatic rings. The number of anilines is 1. The molecule has 1 fully saturated rings. The summed E-state index contributed by atoms with van der Waals surface area (Å²) in [6.07, 6.45) is 4.64. The average molecular weight is 274 g/mol. The van der Waals surface area contributed by atoms with Crippen LogP contribution >= 0.6 is 0 Å². The molecule has 0 saturated carbocycles. The highest BCUT2D eigenvalue weighted by Gasteiger charge is 2.17. The van der Waals surface area contributed by atoms with Crippen LogP contribution in [0.25, 0.3) is 0 Å². The van der Waals surface area contributed by atoms with Crippen molar-refractivity contribution in [3.8, 4) is 5.75 Å². The van der Waals surface area contributed by atoms with Crippen LogP contribution in [0.5, 0.6) is 5.75 Å². The normalized spacial score (nSPS) is 14.8. The summed E-state index contributed by atoms with van der Waals surface area (Å²) in [5.41, 5.74) is 2.49. The molecule has 110 valence electrons. The molecular formula is C17H26N2O. The molecule has 0 spiro atoms. The fourth-order valence-corrected chi connectivity index (χ4v) is 2.55. The summed E-state index contributed by atoms with van der Waals surface area (Å²) in [5.74, 6) is 1.01. The second-order valence-electron chi connectivity index (χ2n) is 5.58. The van der Waals surface area contributed by atoms with E-state index in [4.69, 9.17) is 4.74 Å². The fourth-order valence-electron chi connectivity index (χ4n) is 2.55. The first-order valence-electron chi connectivity index (χ1n) is 7.57. The minimum atomic E-state index is 0.202. The Morgan fingerprint density at radius 2 is 2.10 bits per heavy atom. The van der Waals surface area contributed by atoms with E-state index in [2.05, 4.69) is 48.8 Å². The third-order valence-electron chi connectivity index (χ3n) is 3.45. The van der Waals surface area contributed by atoms with E-state index in [1.54, 1.807) is 0 Å². The molecule has 2 rings (SSSR count). The first-order chi connectivity index (χ1) is 9.70. The predicted molar refractivity (Wildman–Crippen MR) is 85.6 cm³/mol. The quantitative estimate of drug-likeness (QED) is 0.609. The van der Waals surface area contributed by atoms with E-state index in [9.17, 15) is 0 Å². The van der Waals surface area contributed by atoms with Gasteiger partial charge < -0.3 is 15.0 Å². The lowest BCUT2D eigenvalue weighted by molar-refractivity contribution is 0.242. The summed E-state index contributed by atoms with van der Waals surface area (Å²) in [6, 6.07) is 6.56. The second-order valence-corrected chi connectivity index (χ2v) is 5.58. The molecule has 1 aromatic rings. The lowest BCUT2D eigenvalue weighted by atomic mass is 10.1. The van der Waals surface area contributed by atoms with E-state index < -0.39 is 0 Å². The highest BCUT2D eigenvalue weighted by Crippen LogP contribution is 2.32. The summed E-state index contributed by atoms with van der Waals surface area (Å²) in [6.45, 7) is 11.8. The number of benzene rings is 1. The number of hydrogen-bond donors (Lipinski definition) is 1. The van der Waals surface area contributed by atoms with Gasteiger partial charge in [-0.25, -0.2) is 0 Å². The Balaban J connectivity index is 2.15. The van der Waals surface area contributed by atoms with Crippen molar-refractivity contribution in [2.75, 3.05) is 24.5 Å². The van der Waals surface area contributed by atoms with Gasteiger partial charge in [0.2, 0.25) is 0 Å². The van der Waals surface area contributed by atoms with Crippen molar-refractivity contribution in [3.05, 3.63) is 36.4 Å². The van der Waals surface area contributed by atoms with Gasteiger partial charge in [0, 0.05) is 26.2 Å². The lowest BCUT2D eigenvalue weighted by Gasteiger charge is -2.23. The van der Waals surface area contributed by atoms with Gasteiger partial charge in [0.25, 0.3) is 0 Å². The zero-order chi connectivity index (χ0) is 14.4. The van der Waals surface area contributed by atoms with E-state index in [0.717, 1.165) is 31.9 Å². The molecule has 0 atom stereocenters. The molecule has 3 heteroatoms. The monoisotopic (exact) mass is 274 g/mol. The maximum Gasteiger partial charge on any atom is 0.143 e. The molecule has 1 heterocycles. The fraction of sp³-hybridized carbons (Fsp3) is 0.529. The molecule has 0 aliphatic carbocycles. The van der Waals surface area contributed by atoms with Crippen LogP contribution in [0.2, 0.25) is 0 Å². The SMILES string of the molecule is C=CCNCc1ccc(N2CCCC2)c(OC(C)C)c1. The highest BCUT2D eigenvalue weighted by atomic mass is 16.5. The van der Waals surface area contributed by atoms with Crippen LogP contribution in [0, 0.1) is 0 Å². The van der Waals surface area contributed by atoms with Crippen LogP contribution in [0.15, 0.2) is 30.9 Å². The molecule has 0 bridgehead atoms. The molecule has 20 heavy (non-hydrogen) atoms. The third kappa shape index (κ3) is 4.01. The number of rotatable bonds is 7. The zero-order valence-electron chi connectivity index (χ0n) is 12.7. The van der Waals surface area contributed by atoms with Crippen molar-refractivity contribution < 1.29 is 4.74 Å². The Kier molecular flexibility index (Phi) is 5.48. The minimum Gasteiger partial charge on any atom is -0.489 e. The van der Waals surface area contributed by atoms with Crippen molar-refractivity contribution in [2.24, 2.45) is 0 Å². The Hall–Kier alpha value is -1.48. The second kappa shape index (κ2) is 7.34. The van der Waals surface area contributed by atoms with Crippen LogP contribution in [-0.4, -0.2) is 25.7 Å². The van der Waals surface area contributed by atoms with Crippen LogP contribution < -0.4 is 15.0 Å². The average Bonchev–Trinajstić information content (AvgIpc) is 2.92. The van der Waals surface area contributed by atoms with Gasteiger partial charge in [-0.2, -0.15) is 0 Å². The predicted octanol–water partition coefficient (Wildman–Crippen LogP) is 3.35. The van der Waals surface area contributed by atoms with Gasteiger partial charge in [0.1, 0.15) is 5.75 Å². The molecule has 1 saturated heterocycles. The van der Waals surface area contributed by atoms with Gasteiger partial charge in [-0.15, -0.1) is 6.58 Å². The van der Waals surface area contributed by atoms with Crippen LogP contribution in [0.4, 0.5) is 5.69 Å². The first kappa shape index (κ1) is 14.9. The van der Waals surface area contributed by atoms with Gasteiger partial charge in [-0.3, -0.25) is 0 Å². The first-order valence-corrected chi connectivity index (χ1v) is 7.57. The Morgan fingerprint density at radius 1 is 1.35 bits per heavy atom. The zero-order valence-corrected chi connectivity index (χ0v) is 12.7. The van der Waals surface area contributed by atoms with Gasteiger partial charge >= 0.3 is 0 Å². The molecule has 1 aromatic carbocycles. The minimum absolute atomic E-state index is 0.202. The third-order valence-corrected chi connectivity index (χ3v) is 3.45. The van der Waals surface area contributed by atoms with Crippen molar-refractivity contribution >= 4 is 5.69 Å². The largest absolute Gasteiger partial charge is 0.489 e. The summed E-state index contributed by atoms with van der Waals surface area (Å²) in [5, 5.41) is 3.33. The van der Waals surface area contributed by atoms with Gasteiger partial charge in [-0.1, -0.05) is 12.1 Å². The standard InChI is InChI=1S/C17H26N2O/c1-4-9-18-13-15-7-8-16(19-10-5-6-11-19)17(12-15)20-14(2)3/h4,7-8,12,14,18H,1,5-6,9-11,13H2,2-3H3. The Morgan fingerprint density at radius 3 is 2.75 bits per heavy atom. The summed E-state index contributed by atoms with van der Waals surface area (Å²) < 4.78 is 6.02. The molecule has 1 N–H and O–H groups in total.